The molecule has 0 spiro atoms. The van der Waals surface area contributed by atoms with Crippen molar-refractivity contribution in [3.63, 3.8) is 0 Å². The number of fused-ring (bicyclic) bond motifs is 3. The van der Waals surface area contributed by atoms with Crippen LogP contribution in [-0.2, 0) is 0 Å². The van der Waals surface area contributed by atoms with Crippen LogP contribution in [0.5, 0.6) is 0 Å². The van der Waals surface area contributed by atoms with E-state index < -0.39 is 20.1 Å². The van der Waals surface area contributed by atoms with Gasteiger partial charge in [-0.25, -0.2) is 4.98 Å². The van der Waals surface area contributed by atoms with Crippen LogP contribution in [0, 0.1) is 0 Å². The number of nitrogens with zero attached hydrogens (tertiary/aromatic N) is 1. The molecule has 0 radical (unpaired) electrons. The van der Waals surface area contributed by atoms with E-state index >= 15 is 0 Å². The minimum Gasteiger partial charge on any atom is -0.241 e. The summed E-state index contributed by atoms with van der Waals surface area (Å²) in [6.07, 6.45) is 0. The second kappa shape index (κ2) is 13.4. The van der Waals surface area contributed by atoms with Crippen LogP contribution in [0.15, 0.2) is 252 Å². The smallest absolute Gasteiger partial charge is 0.0920 e. The van der Waals surface area contributed by atoms with Crippen molar-refractivity contribution in [3.05, 3.63) is 212 Å². The van der Waals surface area contributed by atoms with Crippen LogP contribution in [0.2, 0.25) is 0 Å². The van der Waals surface area contributed by atoms with Crippen LogP contribution < -0.4 is 0 Å². The Hall–Kier alpha value is -5.39. The first-order valence-electron chi connectivity index (χ1n) is 17.1. The zero-order chi connectivity index (χ0) is 34.1. The molecule has 0 fully saturated rings. The van der Waals surface area contributed by atoms with Gasteiger partial charge in [0.2, 0.25) is 0 Å². The highest BCUT2D eigenvalue weighted by molar-refractivity contribution is 8.34. The average molecular weight is 710 g/mol. The molecule has 0 N–H and O–H groups in total. The van der Waals surface area contributed by atoms with Crippen LogP contribution in [0.25, 0.3) is 20.3 Å². The van der Waals surface area contributed by atoms with Gasteiger partial charge in [-0.3, -0.25) is 0 Å². The lowest BCUT2D eigenvalue weighted by Crippen LogP contribution is -2.07. The summed E-state index contributed by atoms with van der Waals surface area (Å²) in [6.45, 7) is 0. The average Bonchev–Trinajstić information content (AvgIpc) is 3.59. The Morgan fingerprint density at radius 3 is 1.06 bits per heavy atom. The molecule has 0 aliphatic rings. The first kappa shape index (κ1) is 31.6. The molecule has 0 saturated heterocycles. The summed E-state index contributed by atoms with van der Waals surface area (Å²) in [5.74, 6) is 0. The Bertz CT molecular complexity index is 2180. The molecule has 4 heteroatoms. The second-order valence-corrected chi connectivity index (χ2v) is 19.6. The fraction of sp³-hybridized carbons (Fsp3) is 0. The Balaban J connectivity index is 1.36. The number of aromatic nitrogens is 1. The molecule has 0 aliphatic carbocycles. The predicted octanol–water partition coefficient (Wildman–Crippen LogP) is 14.1. The van der Waals surface area contributed by atoms with Gasteiger partial charge in [0.15, 0.2) is 0 Å². The van der Waals surface area contributed by atoms with Crippen molar-refractivity contribution < 1.29 is 0 Å². The molecule has 0 amide bonds. The molecule has 7 aromatic carbocycles. The van der Waals surface area contributed by atoms with E-state index in [4.69, 9.17) is 4.98 Å². The number of hydrogen-bond acceptors (Lipinski definition) is 2. The number of hydrogen-bond donors (Lipinski definition) is 0. The van der Waals surface area contributed by atoms with Crippen molar-refractivity contribution in [2.75, 3.05) is 0 Å². The Labute approximate surface area is 306 Å². The predicted molar refractivity (Wildman–Crippen MR) is 217 cm³/mol. The minimum absolute atomic E-state index is 1.07. The summed E-state index contributed by atoms with van der Waals surface area (Å²) >= 11 is 1.83. The Morgan fingerprint density at radius 2 is 0.667 bits per heavy atom. The molecular formula is C47H35NS3. The number of thiophene rings is 1. The highest BCUT2D eigenvalue weighted by Gasteiger charge is 2.36. The molecule has 2 aromatic heterocycles. The zero-order valence-electron chi connectivity index (χ0n) is 27.9. The highest BCUT2D eigenvalue weighted by Crippen LogP contribution is 2.75. The second-order valence-electron chi connectivity index (χ2n) is 12.4. The molecule has 0 unspecified atom stereocenters. The molecule has 1 nitrogen and oxygen atoms in total. The van der Waals surface area contributed by atoms with E-state index in [0.29, 0.717) is 0 Å². The highest BCUT2D eigenvalue weighted by atomic mass is 32.3. The van der Waals surface area contributed by atoms with Gasteiger partial charge < -0.3 is 0 Å². The van der Waals surface area contributed by atoms with Crippen molar-refractivity contribution in [1.82, 2.24) is 4.98 Å². The molecule has 0 atom stereocenters. The summed E-state index contributed by atoms with van der Waals surface area (Å²) in [5.41, 5.74) is 1.07. The lowest BCUT2D eigenvalue weighted by molar-refractivity contribution is 1.13. The fourth-order valence-electron chi connectivity index (χ4n) is 7.30. The maximum atomic E-state index is 5.76. The van der Waals surface area contributed by atoms with E-state index in [1.807, 2.05) is 11.3 Å². The largest absolute Gasteiger partial charge is 0.241 e. The number of pyridine rings is 1. The molecule has 0 bridgehead atoms. The van der Waals surface area contributed by atoms with Crippen LogP contribution in [0.3, 0.4) is 0 Å². The molecular weight excluding hydrogens is 675 g/mol. The van der Waals surface area contributed by atoms with Crippen LogP contribution in [0.4, 0.5) is 0 Å². The van der Waals surface area contributed by atoms with Crippen molar-refractivity contribution in [3.8, 4) is 0 Å². The summed E-state index contributed by atoms with van der Waals surface area (Å²) in [7, 11) is -3.75. The maximum Gasteiger partial charge on any atom is 0.0920 e. The third-order valence-electron chi connectivity index (χ3n) is 9.51. The van der Waals surface area contributed by atoms with Gasteiger partial charge >= 0.3 is 0 Å². The van der Waals surface area contributed by atoms with E-state index in [1.54, 1.807) is 0 Å². The summed E-state index contributed by atoms with van der Waals surface area (Å²) < 4.78 is 2.45. The first-order chi connectivity index (χ1) is 25.3. The lowest BCUT2D eigenvalue weighted by Gasteiger charge is -2.42. The van der Waals surface area contributed by atoms with Gasteiger partial charge in [-0.1, -0.05) is 109 Å². The van der Waals surface area contributed by atoms with E-state index in [9.17, 15) is 0 Å². The van der Waals surface area contributed by atoms with Crippen molar-refractivity contribution >= 4 is 51.7 Å². The topological polar surface area (TPSA) is 12.9 Å². The van der Waals surface area contributed by atoms with Crippen molar-refractivity contribution in [1.29, 1.82) is 0 Å². The van der Waals surface area contributed by atoms with Gasteiger partial charge in [-0.05, 0) is 103 Å². The van der Waals surface area contributed by atoms with Gasteiger partial charge in [0, 0.05) is 44.4 Å². The molecule has 2 heterocycles. The van der Waals surface area contributed by atoms with Gasteiger partial charge in [0.1, 0.15) is 0 Å². The summed E-state index contributed by atoms with van der Waals surface area (Å²) in [6, 6.07) is 77.9. The quantitative estimate of drug-likeness (QED) is 0.153. The molecule has 0 saturated carbocycles. The standard InChI is InChI=1S/C47H35NS3/c1-7-19-36(20-8-1)50(37-21-9-2-10-22-37,38-23-11-3-12-24-38)42-31-32-44-43(35-42)47-45(49-44)33-34-46(48-47)51(39-25-13-4-14-26-39,40-27-15-5-16-28-40)41-29-17-6-18-30-41/h1-35H. The third kappa shape index (κ3) is 5.22. The SMILES string of the molecule is c1ccc(S(c2ccccc2)(c2ccccc2)c2ccc3sc4ccc(S(c5ccccc5)(c5ccccc5)c5ccccc5)nc4c3c2)cc1. The number of benzene rings is 7. The van der Waals surface area contributed by atoms with Gasteiger partial charge in [0.05, 0.1) is 15.2 Å². The maximum absolute atomic E-state index is 5.76. The molecule has 9 aromatic rings. The third-order valence-corrected chi connectivity index (χ3v) is 18.3. The molecule has 51 heavy (non-hydrogen) atoms. The normalized spacial score (nSPS) is 12.5. The fourth-order valence-corrected chi connectivity index (χ4v) is 16.0. The first-order valence-corrected chi connectivity index (χ1v) is 21.2. The van der Waals surface area contributed by atoms with Crippen LogP contribution >= 0.6 is 31.4 Å². The molecule has 0 aliphatic heterocycles. The zero-order valence-corrected chi connectivity index (χ0v) is 30.3. The summed E-state index contributed by atoms with van der Waals surface area (Å²) in [4.78, 5) is 14.8. The van der Waals surface area contributed by atoms with E-state index in [0.717, 1.165) is 10.5 Å². The van der Waals surface area contributed by atoms with E-state index in [-0.39, 0.29) is 0 Å². The van der Waals surface area contributed by atoms with Crippen LogP contribution in [0.1, 0.15) is 0 Å². The summed E-state index contributed by atoms with van der Waals surface area (Å²) in [5, 5.41) is 2.30. The monoisotopic (exact) mass is 709 g/mol. The molecule has 9 rings (SSSR count). The van der Waals surface area contributed by atoms with Gasteiger partial charge in [0.25, 0.3) is 0 Å². The Morgan fingerprint density at radius 1 is 0.314 bits per heavy atom. The lowest BCUT2D eigenvalue weighted by atomic mass is 10.2. The van der Waals surface area contributed by atoms with Crippen LogP contribution in [-0.4, -0.2) is 4.98 Å². The minimum atomic E-state index is -1.92. The van der Waals surface area contributed by atoms with Gasteiger partial charge in [-0.15, -0.1) is 31.4 Å². The Kier molecular flexibility index (Phi) is 8.29. The molecule has 246 valence electrons. The van der Waals surface area contributed by atoms with E-state index in [2.05, 4.69) is 212 Å². The number of rotatable bonds is 8. The van der Waals surface area contributed by atoms with Gasteiger partial charge in [-0.2, -0.15) is 0 Å². The van der Waals surface area contributed by atoms with Crippen molar-refractivity contribution in [2.45, 2.75) is 39.3 Å². The van der Waals surface area contributed by atoms with Crippen molar-refractivity contribution in [2.24, 2.45) is 0 Å². The van der Waals surface area contributed by atoms with E-state index in [1.165, 1.54) is 49.1 Å².